The van der Waals surface area contributed by atoms with Crippen molar-refractivity contribution in [2.45, 2.75) is 93.8 Å². The van der Waals surface area contributed by atoms with E-state index in [1.54, 1.807) is 0 Å². The Labute approximate surface area is 201 Å². The van der Waals surface area contributed by atoms with Crippen LogP contribution in [0.25, 0.3) is 0 Å². The second-order valence-corrected chi connectivity index (χ2v) is 11.9. The maximum Gasteiger partial charge on any atom is 0.152 e. The van der Waals surface area contributed by atoms with Gasteiger partial charge in [0.15, 0.2) is 11.6 Å². The molecule has 1 N–H and O–H groups in total. The molecule has 0 fully saturated rings. The molecule has 1 rings (SSSR count). The predicted octanol–water partition coefficient (Wildman–Crippen LogP) is 4.85. The Balaban J connectivity index is 3.20. The molecule has 33 heavy (non-hydrogen) atoms. The number of nitrogens with one attached hydrogen (secondary N) is 1. The molecule has 0 heterocycles. The topological polar surface area (TPSA) is 66.5 Å². The van der Waals surface area contributed by atoms with E-state index in [-0.39, 0.29) is 47.8 Å². The highest BCUT2D eigenvalue weighted by Crippen LogP contribution is 2.20. The molecule has 0 radical (unpaired) electrons. The zero-order valence-corrected chi connectivity index (χ0v) is 22.5. The Hall–Kier alpha value is -1.85. The molecule has 5 nitrogen and oxygen atoms in total. The molecule has 0 spiro atoms. The van der Waals surface area contributed by atoms with E-state index in [4.69, 9.17) is 0 Å². The first-order chi connectivity index (χ1) is 15.0. The van der Waals surface area contributed by atoms with Gasteiger partial charge in [0.05, 0.1) is 19.1 Å². The number of carbonyl (C=O) groups excluding carboxylic acids is 3. The molecular formula is C28H46N2O3. The highest BCUT2D eigenvalue weighted by atomic mass is 16.1. The van der Waals surface area contributed by atoms with Crippen LogP contribution in [0.3, 0.4) is 0 Å². The average Bonchev–Trinajstić information content (AvgIpc) is 2.68. The maximum absolute atomic E-state index is 13.3. The number of hydrogen-bond acceptors (Lipinski definition) is 5. The van der Waals surface area contributed by atoms with Crippen LogP contribution >= 0.6 is 0 Å². The van der Waals surface area contributed by atoms with Crippen molar-refractivity contribution in [2.75, 3.05) is 13.1 Å². The lowest BCUT2D eigenvalue weighted by molar-refractivity contribution is -0.134. The van der Waals surface area contributed by atoms with Crippen LogP contribution in [0, 0.1) is 17.3 Å². The first kappa shape index (κ1) is 29.2. The Bertz CT molecular complexity index is 796. The molecule has 5 heteroatoms. The van der Waals surface area contributed by atoms with E-state index < -0.39 is 11.5 Å². The summed E-state index contributed by atoms with van der Waals surface area (Å²) in [5, 5.41) is 3.48. The van der Waals surface area contributed by atoms with Crippen LogP contribution in [0.4, 0.5) is 0 Å². The molecule has 0 aliphatic heterocycles. The summed E-state index contributed by atoms with van der Waals surface area (Å²) in [5.41, 5.74) is 1.71. The molecule has 0 aromatic heterocycles. The van der Waals surface area contributed by atoms with Crippen molar-refractivity contribution in [3.8, 4) is 0 Å². The van der Waals surface area contributed by atoms with Crippen LogP contribution in [0.15, 0.2) is 24.3 Å². The lowest BCUT2D eigenvalue weighted by atomic mass is 9.88. The van der Waals surface area contributed by atoms with Gasteiger partial charge in [-0.25, -0.2) is 0 Å². The molecule has 1 aromatic rings. The zero-order chi connectivity index (χ0) is 25.6. The zero-order valence-electron chi connectivity index (χ0n) is 22.5. The third-order valence-corrected chi connectivity index (χ3v) is 5.80. The number of rotatable bonds is 12. The number of Topliss-reactive ketones (excluding diaryl/α,β-unsaturated/α-hetero) is 3. The van der Waals surface area contributed by atoms with Gasteiger partial charge in [0.25, 0.3) is 0 Å². The first-order valence-electron chi connectivity index (χ1n) is 12.2. The lowest BCUT2D eigenvalue weighted by Gasteiger charge is -2.33. The van der Waals surface area contributed by atoms with E-state index in [1.807, 2.05) is 65.5 Å². The molecule has 1 aromatic carbocycles. The normalized spacial score (nSPS) is 13.6. The van der Waals surface area contributed by atoms with Gasteiger partial charge in [-0.2, -0.15) is 0 Å². The van der Waals surface area contributed by atoms with Crippen molar-refractivity contribution in [3.63, 3.8) is 0 Å². The van der Waals surface area contributed by atoms with Crippen molar-refractivity contribution < 1.29 is 14.4 Å². The molecule has 186 valence electrons. The van der Waals surface area contributed by atoms with E-state index in [0.717, 1.165) is 12.1 Å². The van der Waals surface area contributed by atoms with Crippen LogP contribution in [-0.2, 0) is 27.3 Å². The van der Waals surface area contributed by atoms with E-state index in [0.29, 0.717) is 6.42 Å². The molecule has 0 saturated heterocycles. The summed E-state index contributed by atoms with van der Waals surface area (Å²) in [6.45, 7) is 20.5. The molecule has 0 bridgehead atoms. The summed E-state index contributed by atoms with van der Waals surface area (Å²) in [4.78, 5) is 40.7. The summed E-state index contributed by atoms with van der Waals surface area (Å²) < 4.78 is 0. The highest BCUT2D eigenvalue weighted by Gasteiger charge is 2.33. The van der Waals surface area contributed by atoms with Gasteiger partial charge in [0.2, 0.25) is 0 Å². The van der Waals surface area contributed by atoms with E-state index in [9.17, 15) is 14.4 Å². The van der Waals surface area contributed by atoms with Crippen LogP contribution in [0.5, 0.6) is 0 Å². The predicted molar refractivity (Wildman–Crippen MR) is 136 cm³/mol. The van der Waals surface area contributed by atoms with Crippen molar-refractivity contribution in [2.24, 2.45) is 17.3 Å². The monoisotopic (exact) mass is 458 g/mol. The highest BCUT2D eigenvalue weighted by molar-refractivity contribution is 5.90. The fourth-order valence-electron chi connectivity index (χ4n) is 3.26. The van der Waals surface area contributed by atoms with Crippen LogP contribution < -0.4 is 5.32 Å². The van der Waals surface area contributed by atoms with Crippen LogP contribution in [0.1, 0.15) is 80.4 Å². The molecule has 0 amide bonds. The quantitative estimate of drug-likeness (QED) is 0.485. The van der Waals surface area contributed by atoms with Gasteiger partial charge >= 0.3 is 0 Å². The summed E-state index contributed by atoms with van der Waals surface area (Å²) in [7, 11) is 0. The summed E-state index contributed by atoms with van der Waals surface area (Å²) in [6, 6.07) is 7.74. The first-order valence-corrected chi connectivity index (χ1v) is 12.2. The van der Waals surface area contributed by atoms with Crippen LogP contribution in [0.2, 0.25) is 0 Å². The van der Waals surface area contributed by atoms with Gasteiger partial charge in [-0.3, -0.25) is 19.3 Å². The fourth-order valence-corrected chi connectivity index (χ4v) is 3.26. The molecule has 0 saturated carbocycles. The standard InChI is InChI=1S/C28H46N2O3/c1-19(2)24(31)17-30(18-25(32)27(5,6)7)23(26(33)20(3)4)15-21-11-13-22(14-12-21)16-29-28(8,9)10/h11-14,19-20,23,29H,15-18H2,1-10H3. The van der Waals surface area contributed by atoms with Crippen molar-refractivity contribution in [1.82, 2.24) is 10.2 Å². The van der Waals surface area contributed by atoms with E-state index in [1.165, 1.54) is 5.56 Å². The number of nitrogens with zero attached hydrogens (tertiary/aromatic N) is 1. The van der Waals surface area contributed by atoms with Gasteiger partial charge in [-0.15, -0.1) is 0 Å². The van der Waals surface area contributed by atoms with Crippen molar-refractivity contribution in [3.05, 3.63) is 35.4 Å². The average molecular weight is 459 g/mol. The Kier molecular flexibility index (Phi) is 10.6. The SMILES string of the molecule is CC(C)C(=O)CN(CC(=O)C(C)(C)C)C(Cc1ccc(CNC(C)(C)C)cc1)C(=O)C(C)C. The van der Waals surface area contributed by atoms with Gasteiger partial charge in [-0.05, 0) is 38.3 Å². The number of carbonyl (C=O) groups is 3. The third kappa shape index (κ3) is 10.3. The molecule has 1 atom stereocenters. The second-order valence-electron chi connectivity index (χ2n) is 11.9. The minimum absolute atomic E-state index is 0.0317. The largest absolute Gasteiger partial charge is 0.308 e. The molecule has 0 aliphatic carbocycles. The number of benzene rings is 1. The van der Waals surface area contributed by atoms with E-state index in [2.05, 4.69) is 38.2 Å². The number of hydrogen-bond donors (Lipinski definition) is 1. The van der Waals surface area contributed by atoms with E-state index >= 15 is 0 Å². The maximum atomic E-state index is 13.3. The fraction of sp³-hybridized carbons (Fsp3) is 0.679. The summed E-state index contributed by atoms with van der Waals surface area (Å²) >= 11 is 0. The molecular weight excluding hydrogens is 412 g/mol. The summed E-state index contributed by atoms with van der Waals surface area (Å²) in [5.74, 6) is -0.203. The smallest absolute Gasteiger partial charge is 0.152 e. The lowest BCUT2D eigenvalue weighted by Crippen LogP contribution is -2.50. The molecule has 1 unspecified atom stereocenters. The second kappa shape index (κ2) is 12.0. The Morgan fingerprint density at radius 1 is 0.818 bits per heavy atom. The van der Waals surface area contributed by atoms with Gasteiger partial charge in [0, 0.05) is 29.3 Å². The van der Waals surface area contributed by atoms with Gasteiger partial charge in [0.1, 0.15) is 5.78 Å². The van der Waals surface area contributed by atoms with Crippen molar-refractivity contribution in [1.29, 1.82) is 0 Å². The Morgan fingerprint density at radius 2 is 1.33 bits per heavy atom. The third-order valence-electron chi connectivity index (χ3n) is 5.80. The Morgan fingerprint density at radius 3 is 1.76 bits per heavy atom. The van der Waals surface area contributed by atoms with Crippen LogP contribution in [-0.4, -0.2) is 46.9 Å². The molecule has 0 aliphatic rings. The van der Waals surface area contributed by atoms with Gasteiger partial charge < -0.3 is 5.32 Å². The van der Waals surface area contributed by atoms with Crippen molar-refractivity contribution >= 4 is 17.3 Å². The van der Waals surface area contributed by atoms with Gasteiger partial charge in [-0.1, -0.05) is 72.7 Å². The summed E-state index contributed by atoms with van der Waals surface area (Å²) in [6.07, 6.45) is 0.479. The minimum atomic E-state index is -0.535. The minimum Gasteiger partial charge on any atom is -0.308 e. The number of ketones is 3.